The molecule has 0 aromatic heterocycles. The second-order valence-electron chi connectivity index (χ2n) is 7.35. The third-order valence-electron chi connectivity index (χ3n) is 5.08. The molecule has 5 heteroatoms. The number of hydrogen-bond acceptors (Lipinski definition) is 3. The maximum absolute atomic E-state index is 5.77. The average molecular weight is 384 g/mol. The van der Waals surface area contributed by atoms with Gasteiger partial charge in [0.05, 0.1) is 19.3 Å². The Morgan fingerprint density at radius 3 is 2.93 bits per heavy atom. The maximum atomic E-state index is 5.77. The van der Waals surface area contributed by atoms with Crippen molar-refractivity contribution in [3.63, 3.8) is 0 Å². The first-order valence-electron chi connectivity index (χ1n) is 10.5. The first kappa shape index (κ1) is 20.6. The molecular weight excluding hydrogens is 350 g/mol. The van der Waals surface area contributed by atoms with E-state index >= 15 is 0 Å². The Hall–Kier alpha value is -2.11. The number of rotatable bonds is 9. The number of hydrogen-bond donors (Lipinski definition) is 2. The van der Waals surface area contributed by atoms with Crippen LogP contribution in [-0.4, -0.2) is 45.5 Å². The van der Waals surface area contributed by atoms with E-state index in [4.69, 9.17) is 14.5 Å². The maximum Gasteiger partial charge on any atom is 0.191 e. The number of guanidine groups is 1. The summed E-state index contributed by atoms with van der Waals surface area (Å²) in [4.78, 5) is 4.72. The van der Waals surface area contributed by atoms with Crippen molar-refractivity contribution in [2.24, 2.45) is 10.9 Å². The number of aliphatic imine (C=N–C) groups is 1. The summed E-state index contributed by atoms with van der Waals surface area (Å²) in [5.41, 5.74) is 1.28. The van der Waals surface area contributed by atoms with Gasteiger partial charge in [-0.25, -0.2) is 0 Å². The van der Waals surface area contributed by atoms with Crippen molar-refractivity contribution in [3.8, 4) is 0 Å². The fourth-order valence-corrected chi connectivity index (χ4v) is 3.55. The standard InChI is InChI=1S/C23H33N3O2/c1-3-24-23(25-13-7-14-27-16-19-12-15-28-17-19)26-18(2)21-11-6-9-20-8-4-5-10-22(20)21/h4-6,8-11,18-19H,3,7,12-17H2,1-2H3,(H2,24,25,26). The normalized spacial score (nSPS) is 18.4. The van der Waals surface area contributed by atoms with Crippen LogP contribution in [0.25, 0.3) is 10.8 Å². The molecule has 2 N–H and O–H groups in total. The molecule has 1 saturated heterocycles. The van der Waals surface area contributed by atoms with Gasteiger partial charge in [-0.1, -0.05) is 42.5 Å². The van der Waals surface area contributed by atoms with Gasteiger partial charge in [0, 0.05) is 32.2 Å². The van der Waals surface area contributed by atoms with Gasteiger partial charge in [-0.2, -0.15) is 0 Å². The van der Waals surface area contributed by atoms with E-state index in [2.05, 4.69) is 66.9 Å². The number of nitrogens with one attached hydrogen (secondary N) is 2. The zero-order valence-electron chi connectivity index (χ0n) is 17.1. The fraction of sp³-hybridized carbons (Fsp3) is 0.522. The molecule has 0 bridgehead atoms. The van der Waals surface area contributed by atoms with Gasteiger partial charge in [0.25, 0.3) is 0 Å². The first-order valence-corrected chi connectivity index (χ1v) is 10.5. The molecule has 28 heavy (non-hydrogen) atoms. The zero-order valence-corrected chi connectivity index (χ0v) is 17.1. The number of benzene rings is 2. The van der Waals surface area contributed by atoms with Crippen LogP contribution >= 0.6 is 0 Å². The minimum atomic E-state index is 0.169. The van der Waals surface area contributed by atoms with Crippen LogP contribution < -0.4 is 10.6 Å². The molecule has 152 valence electrons. The molecule has 0 saturated carbocycles. The first-order chi connectivity index (χ1) is 13.8. The third-order valence-corrected chi connectivity index (χ3v) is 5.08. The van der Waals surface area contributed by atoms with Crippen molar-refractivity contribution in [3.05, 3.63) is 48.0 Å². The molecule has 3 rings (SSSR count). The monoisotopic (exact) mass is 383 g/mol. The molecule has 0 aliphatic carbocycles. The highest BCUT2D eigenvalue weighted by Crippen LogP contribution is 2.23. The van der Waals surface area contributed by atoms with Crippen molar-refractivity contribution >= 4 is 16.7 Å². The SMILES string of the molecule is CCNC(=NCCCOCC1CCOC1)NC(C)c1cccc2ccccc12. The van der Waals surface area contributed by atoms with Gasteiger partial charge in [-0.3, -0.25) is 4.99 Å². The molecule has 2 atom stereocenters. The van der Waals surface area contributed by atoms with Gasteiger partial charge >= 0.3 is 0 Å². The second-order valence-corrected chi connectivity index (χ2v) is 7.35. The smallest absolute Gasteiger partial charge is 0.191 e. The minimum absolute atomic E-state index is 0.169. The van der Waals surface area contributed by atoms with E-state index in [0.29, 0.717) is 5.92 Å². The largest absolute Gasteiger partial charge is 0.381 e. The van der Waals surface area contributed by atoms with Crippen LogP contribution in [0, 0.1) is 5.92 Å². The van der Waals surface area contributed by atoms with Crippen LogP contribution in [0.3, 0.4) is 0 Å². The molecule has 0 spiro atoms. The third kappa shape index (κ3) is 5.94. The highest BCUT2D eigenvalue weighted by atomic mass is 16.5. The van der Waals surface area contributed by atoms with Crippen molar-refractivity contribution in [2.75, 3.05) is 39.5 Å². The van der Waals surface area contributed by atoms with Crippen molar-refractivity contribution in [1.29, 1.82) is 0 Å². The Kier molecular flexibility index (Phi) is 8.12. The number of nitrogens with zero attached hydrogens (tertiary/aromatic N) is 1. The summed E-state index contributed by atoms with van der Waals surface area (Å²) in [6, 6.07) is 15.1. The Morgan fingerprint density at radius 2 is 2.11 bits per heavy atom. The van der Waals surface area contributed by atoms with Gasteiger partial charge in [-0.05, 0) is 43.0 Å². The lowest BCUT2D eigenvalue weighted by molar-refractivity contribution is 0.0893. The summed E-state index contributed by atoms with van der Waals surface area (Å²) < 4.78 is 11.1. The molecule has 5 nitrogen and oxygen atoms in total. The predicted molar refractivity (Wildman–Crippen MR) is 116 cm³/mol. The van der Waals surface area contributed by atoms with Gasteiger partial charge in [-0.15, -0.1) is 0 Å². The molecule has 2 aromatic carbocycles. The van der Waals surface area contributed by atoms with Crippen LogP contribution in [0.4, 0.5) is 0 Å². The van der Waals surface area contributed by atoms with E-state index in [9.17, 15) is 0 Å². The molecule has 1 heterocycles. The van der Waals surface area contributed by atoms with Crippen molar-refractivity contribution in [1.82, 2.24) is 10.6 Å². The molecule has 1 aliphatic heterocycles. The summed E-state index contributed by atoms with van der Waals surface area (Å²) in [5.74, 6) is 1.43. The lowest BCUT2D eigenvalue weighted by atomic mass is 10.00. The van der Waals surface area contributed by atoms with Crippen molar-refractivity contribution < 1.29 is 9.47 Å². The minimum Gasteiger partial charge on any atom is -0.381 e. The summed E-state index contributed by atoms with van der Waals surface area (Å²) >= 11 is 0. The molecule has 2 aromatic rings. The van der Waals surface area contributed by atoms with E-state index in [0.717, 1.165) is 58.3 Å². The quantitative estimate of drug-likeness (QED) is 0.392. The number of fused-ring (bicyclic) bond motifs is 1. The average Bonchev–Trinajstić information content (AvgIpc) is 3.23. The zero-order chi connectivity index (χ0) is 19.6. The van der Waals surface area contributed by atoms with Gasteiger partial charge in [0.2, 0.25) is 0 Å². The van der Waals surface area contributed by atoms with E-state index in [-0.39, 0.29) is 6.04 Å². The van der Waals surface area contributed by atoms with Crippen LogP contribution in [-0.2, 0) is 9.47 Å². The Morgan fingerprint density at radius 1 is 1.25 bits per heavy atom. The highest BCUT2D eigenvalue weighted by molar-refractivity contribution is 5.87. The molecular formula is C23H33N3O2. The van der Waals surface area contributed by atoms with Gasteiger partial charge in [0.1, 0.15) is 0 Å². The van der Waals surface area contributed by atoms with Crippen LogP contribution in [0.15, 0.2) is 47.5 Å². The predicted octanol–water partition coefficient (Wildman–Crippen LogP) is 3.90. The molecule has 2 unspecified atom stereocenters. The lowest BCUT2D eigenvalue weighted by Crippen LogP contribution is -2.38. The summed E-state index contributed by atoms with van der Waals surface area (Å²) in [6.45, 7) is 9.14. The van der Waals surface area contributed by atoms with Crippen LogP contribution in [0.2, 0.25) is 0 Å². The lowest BCUT2D eigenvalue weighted by Gasteiger charge is -2.20. The van der Waals surface area contributed by atoms with Gasteiger partial charge < -0.3 is 20.1 Å². The summed E-state index contributed by atoms with van der Waals surface area (Å²) in [6.07, 6.45) is 2.05. The second kappa shape index (κ2) is 11.0. The van der Waals surface area contributed by atoms with Gasteiger partial charge in [0.15, 0.2) is 5.96 Å². The van der Waals surface area contributed by atoms with E-state index < -0.39 is 0 Å². The van der Waals surface area contributed by atoms with Crippen molar-refractivity contribution in [2.45, 2.75) is 32.7 Å². The Balaban J connectivity index is 1.50. The number of ether oxygens (including phenoxy) is 2. The molecule has 1 aliphatic rings. The molecule has 0 radical (unpaired) electrons. The summed E-state index contributed by atoms with van der Waals surface area (Å²) in [7, 11) is 0. The highest BCUT2D eigenvalue weighted by Gasteiger charge is 2.15. The van der Waals surface area contributed by atoms with Crippen LogP contribution in [0.5, 0.6) is 0 Å². The molecule has 1 fully saturated rings. The van der Waals surface area contributed by atoms with Crippen LogP contribution in [0.1, 0.15) is 38.3 Å². The van der Waals surface area contributed by atoms with E-state index in [1.807, 2.05) is 0 Å². The Bertz CT molecular complexity index is 751. The topological polar surface area (TPSA) is 54.9 Å². The fourth-order valence-electron chi connectivity index (χ4n) is 3.55. The molecule has 0 amide bonds. The van der Waals surface area contributed by atoms with E-state index in [1.54, 1.807) is 0 Å². The Labute approximate surface area is 168 Å². The van der Waals surface area contributed by atoms with E-state index in [1.165, 1.54) is 16.3 Å². The summed E-state index contributed by atoms with van der Waals surface area (Å²) in [5, 5.41) is 9.44.